The van der Waals surface area contributed by atoms with E-state index in [4.69, 9.17) is 5.73 Å². The molecule has 0 fully saturated rings. The molecule has 4 N–H and O–H groups in total. The number of phenols is 1. The van der Waals surface area contributed by atoms with Gasteiger partial charge in [-0.1, -0.05) is 12.1 Å². The van der Waals surface area contributed by atoms with Gasteiger partial charge in [-0.25, -0.2) is 4.99 Å². The van der Waals surface area contributed by atoms with Crippen LogP contribution in [0.2, 0.25) is 0 Å². The second-order valence-corrected chi connectivity index (χ2v) is 4.94. The minimum absolute atomic E-state index is 0.114. The van der Waals surface area contributed by atoms with Gasteiger partial charge in [0.05, 0.1) is 18.7 Å². The summed E-state index contributed by atoms with van der Waals surface area (Å²) in [6.07, 6.45) is 1.20. The van der Waals surface area contributed by atoms with Crippen molar-refractivity contribution in [3.05, 3.63) is 35.5 Å². The average molecular weight is 303 g/mol. The Labute approximate surface area is 127 Å². The number of aliphatic imine (C=N–C) groups is 1. The van der Waals surface area contributed by atoms with Gasteiger partial charge in [0.2, 0.25) is 0 Å². The minimum atomic E-state index is -0.909. The molecule has 2 atom stereocenters. The molecule has 1 amide bonds. The number of carbonyl (C=O) groups is 2. The first kappa shape index (κ1) is 15.9. The van der Waals surface area contributed by atoms with E-state index in [0.717, 1.165) is 4.90 Å². The Hall–Kier alpha value is -2.51. The Morgan fingerprint density at radius 1 is 1.36 bits per heavy atom. The van der Waals surface area contributed by atoms with Gasteiger partial charge in [-0.2, -0.15) is 0 Å². The summed E-state index contributed by atoms with van der Waals surface area (Å²) in [6, 6.07) is 5.36. The Kier molecular flexibility index (Phi) is 4.69. The molecule has 1 aromatic carbocycles. The van der Waals surface area contributed by atoms with Crippen LogP contribution < -0.4 is 5.73 Å². The maximum Gasteiger partial charge on any atom is 0.278 e. The van der Waals surface area contributed by atoms with Gasteiger partial charge in [-0.05, 0) is 30.7 Å². The van der Waals surface area contributed by atoms with Crippen LogP contribution in [-0.2, 0) is 9.59 Å². The summed E-state index contributed by atoms with van der Waals surface area (Å²) in [5, 5.41) is 18.8. The number of benzene rings is 1. The summed E-state index contributed by atoms with van der Waals surface area (Å²) in [7, 11) is 0. The van der Waals surface area contributed by atoms with Gasteiger partial charge in [0, 0.05) is 0 Å². The highest BCUT2D eigenvalue weighted by Crippen LogP contribution is 2.21. The molecule has 7 nitrogen and oxygen atoms in total. The predicted octanol–water partition coefficient (Wildman–Crippen LogP) is -0.119. The molecule has 22 heavy (non-hydrogen) atoms. The predicted molar refractivity (Wildman–Crippen MR) is 81.0 cm³/mol. The molecule has 0 saturated heterocycles. The number of nitrogens with two attached hydrogens (primary N) is 1. The van der Waals surface area contributed by atoms with E-state index in [1.165, 1.54) is 25.1 Å². The summed E-state index contributed by atoms with van der Waals surface area (Å²) in [6.45, 7) is 1.31. The number of nitrogens with zero attached hydrogens (tertiary/aromatic N) is 2. The molecule has 0 aliphatic carbocycles. The first-order valence-corrected chi connectivity index (χ1v) is 6.72. The van der Waals surface area contributed by atoms with Crippen LogP contribution >= 0.6 is 0 Å². The number of aromatic hydroxyl groups is 1. The van der Waals surface area contributed by atoms with E-state index in [1.54, 1.807) is 12.1 Å². The molecule has 1 heterocycles. The third-order valence-electron chi connectivity index (χ3n) is 3.25. The van der Waals surface area contributed by atoms with Crippen molar-refractivity contribution in [1.82, 2.24) is 4.90 Å². The zero-order valence-corrected chi connectivity index (χ0v) is 12.0. The number of phenolic OH excluding ortho intramolecular Hbond substituents is 1. The van der Waals surface area contributed by atoms with Crippen molar-refractivity contribution in [2.45, 2.75) is 19.1 Å². The second kappa shape index (κ2) is 6.50. The lowest BCUT2D eigenvalue weighted by Crippen LogP contribution is -2.49. The quantitative estimate of drug-likeness (QED) is 0.518. The van der Waals surface area contributed by atoms with E-state index in [-0.39, 0.29) is 23.8 Å². The lowest BCUT2D eigenvalue weighted by Gasteiger charge is -2.21. The third-order valence-corrected chi connectivity index (χ3v) is 3.25. The largest absolute Gasteiger partial charge is 0.508 e. The van der Waals surface area contributed by atoms with E-state index in [0.29, 0.717) is 11.8 Å². The van der Waals surface area contributed by atoms with Crippen molar-refractivity contribution in [2.75, 3.05) is 6.54 Å². The van der Waals surface area contributed by atoms with Crippen LogP contribution in [0.3, 0.4) is 0 Å². The van der Waals surface area contributed by atoms with Crippen molar-refractivity contribution in [2.24, 2.45) is 10.7 Å². The lowest BCUT2D eigenvalue weighted by atomic mass is 10.1. The van der Waals surface area contributed by atoms with Gasteiger partial charge in [0.1, 0.15) is 23.6 Å². The fourth-order valence-corrected chi connectivity index (χ4v) is 2.02. The summed E-state index contributed by atoms with van der Waals surface area (Å²) in [5.41, 5.74) is 6.62. The highest BCUT2D eigenvalue weighted by Gasteiger charge is 2.34. The number of amides is 1. The molecule has 0 bridgehead atoms. The van der Waals surface area contributed by atoms with Gasteiger partial charge < -0.3 is 20.7 Å². The molecule has 0 aromatic heterocycles. The smallest absolute Gasteiger partial charge is 0.278 e. The fourth-order valence-electron chi connectivity index (χ4n) is 2.02. The maximum atomic E-state index is 12.3. The molecule has 1 aromatic rings. The Balaban J connectivity index is 2.37. The molecule has 0 spiro atoms. The number of carbonyl (C=O) groups excluding carboxylic acids is 2. The van der Waals surface area contributed by atoms with Gasteiger partial charge >= 0.3 is 0 Å². The number of hydrogen-bond donors (Lipinski definition) is 3. The van der Waals surface area contributed by atoms with E-state index in [2.05, 4.69) is 4.99 Å². The van der Waals surface area contributed by atoms with Crippen LogP contribution in [0.25, 0.3) is 6.08 Å². The number of aliphatic hydroxyl groups excluding tert-OH is 1. The van der Waals surface area contributed by atoms with Crippen molar-refractivity contribution < 1.29 is 19.8 Å². The van der Waals surface area contributed by atoms with E-state index in [1.807, 2.05) is 0 Å². The van der Waals surface area contributed by atoms with Crippen molar-refractivity contribution in [3.8, 4) is 5.75 Å². The summed E-state index contributed by atoms with van der Waals surface area (Å²) >= 11 is 0. The lowest BCUT2D eigenvalue weighted by molar-refractivity contribution is -0.124. The van der Waals surface area contributed by atoms with Gasteiger partial charge in [-0.3, -0.25) is 9.69 Å². The number of aliphatic hydroxyl groups is 1. The number of amidine groups is 1. The van der Waals surface area contributed by atoms with Crippen LogP contribution in [0.5, 0.6) is 5.75 Å². The highest BCUT2D eigenvalue weighted by molar-refractivity contribution is 6.16. The first-order chi connectivity index (χ1) is 10.4. The van der Waals surface area contributed by atoms with E-state index >= 15 is 0 Å². The average Bonchev–Trinajstić information content (AvgIpc) is 2.78. The number of aldehydes is 1. The third kappa shape index (κ3) is 3.21. The maximum absolute atomic E-state index is 12.3. The van der Waals surface area contributed by atoms with Crippen LogP contribution in [0.15, 0.2) is 35.0 Å². The van der Waals surface area contributed by atoms with Crippen LogP contribution in [0, 0.1) is 0 Å². The molecule has 0 unspecified atom stereocenters. The SMILES string of the molecule is C[C@H](O)[C@@H](N)C1=N/C(=C\c2ccc(O)cc2)C(=O)N1CC=O. The van der Waals surface area contributed by atoms with Crippen LogP contribution in [-0.4, -0.2) is 51.8 Å². The van der Waals surface area contributed by atoms with E-state index < -0.39 is 18.1 Å². The van der Waals surface area contributed by atoms with Crippen LogP contribution in [0.4, 0.5) is 0 Å². The molecular formula is C15H17N3O4. The zero-order chi connectivity index (χ0) is 16.3. The zero-order valence-electron chi connectivity index (χ0n) is 12.0. The Morgan fingerprint density at radius 3 is 2.55 bits per heavy atom. The normalized spacial score (nSPS) is 19.2. The number of hydrogen-bond acceptors (Lipinski definition) is 6. The summed E-state index contributed by atoms with van der Waals surface area (Å²) in [5.74, 6) is -0.175. The molecule has 2 rings (SSSR count). The second-order valence-electron chi connectivity index (χ2n) is 4.94. The molecule has 0 radical (unpaired) electrons. The minimum Gasteiger partial charge on any atom is -0.508 e. The highest BCUT2D eigenvalue weighted by atomic mass is 16.3. The van der Waals surface area contributed by atoms with Gasteiger partial charge in [-0.15, -0.1) is 0 Å². The topological polar surface area (TPSA) is 116 Å². The summed E-state index contributed by atoms with van der Waals surface area (Å²) < 4.78 is 0. The molecule has 7 heteroatoms. The molecule has 1 aliphatic heterocycles. The monoisotopic (exact) mass is 303 g/mol. The Morgan fingerprint density at radius 2 is 2.00 bits per heavy atom. The molecule has 116 valence electrons. The van der Waals surface area contributed by atoms with Gasteiger partial charge in [0.25, 0.3) is 5.91 Å². The standard InChI is InChI=1S/C15H17N3O4/c1-9(20)13(16)14-17-12(15(22)18(14)6-7-19)8-10-2-4-11(21)5-3-10/h2-5,7-9,13,20-21H,6,16H2,1H3/b12-8-/t9-,13+/m0/s1. The summed E-state index contributed by atoms with van der Waals surface area (Å²) in [4.78, 5) is 28.4. The van der Waals surface area contributed by atoms with Crippen molar-refractivity contribution in [1.29, 1.82) is 0 Å². The molecule has 1 aliphatic rings. The molecular weight excluding hydrogens is 286 g/mol. The number of rotatable bonds is 5. The van der Waals surface area contributed by atoms with Crippen molar-refractivity contribution in [3.63, 3.8) is 0 Å². The van der Waals surface area contributed by atoms with Crippen molar-refractivity contribution >= 4 is 24.1 Å². The molecule has 0 saturated carbocycles. The fraction of sp³-hybridized carbons (Fsp3) is 0.267. The van der Waals surface area contributed by atoms with E-state index in [9.17, 15) is 19.8 Å². The van der Waals surface area contributed by atoms with Gasteiger partial charge in [0.15, 0.2) is 0 Å². The first-order valence-electron chi connectivity index (χ1n) is 6.72. The van der Waals surface area contributed by atoms with Crippen LogP contribution in [0.1, 0.15) is 12.5 Å². The Bertz CT molecular complexity index is 635.